The second-order valence-corrected chi connectivity index (χ2v) is 6.03. The summed E-state index contributed by atoms with van der Waals surface area (Å²) in [6, 6.07) is 3.93. The van der Waals surface area contributed by atoms with Crippen molar-refractivity contribution in [3.05, 3.63) is 42.6 Å². The number of aryl methyl sites for hydroxylation is 3. The molecule has 0 aliphatic rings. The van der Waals surface area contributed by atoms with Crippen LogP contribution in [0.5, 0.6) is 0 Å². The average Bonchev–Trinajstić information content (AvgIpc) is 3.12. The molecule has 0 aliphatic heterocycles. The van der Waals surface area contributed by atoms with Gasteiger partial charge in [-0.15, -0.1) is 0 Å². The average molecular weight is 334 g/mol. The number of imidazole rings is 1. The molecule has 0 saturated carbocycles. The van der Waals surface area contributed by atoms with Crippen LogP contribution < -0.4 is 11.1 Å². The summed E-state index contributed by atoms with van der Waals surface area (Å²) in [6.45, 7) is 2.00. The minimum atomic E-state index is 0.446. The van der Waals surface area contributed by atoms with E-state index < -0.39 is 0 Å². The molecule has 0 radical (unpaired) electrons. The first-order valence-corrected chi connectivity index (χ1v) is 7.81. The van der Waals surface area contributed by atoms with Crippen molar-refractivity contribution >= 4 is 28.2 Å². The van der Waals surface area contributed by atoms with Crippen LogP contribution in [0, 0.1) is 6.92 Å². The molecular weight excluding hydrogens is 316 g/mol. The number of aromatic nitrogens is 6. The van der Waals surface area contributed by atoms with Gasteiger partial charge in [-0.25, -0.2) is 15.0 Å². The van der Waals surface area contributed by atoms with Gasteiger partial charge in [-0.05, 0) is 24.4 Å². The maximum absolute atomic E-state index is 6.13. The summed E-state index contributed by atoms with van der Waals surface area (Å²) in [5, 5.41) is 9.41. The molecule has 3 N–H and O–H groups in total. The molecule has 0 spiro atoms. The Morgan fingerprint density at radius 1 is 1.16 bits per heavy atom. The third kappa shape index (κ3) is 2.67. The van der Waals surface area contributed by atoms with E-state index in [1.807, 2.05) is 43.9 Å². The highest BCUT2D eigenvalue weighted by molar-refractivity contribution is 5.94. The molecule has 0 bridgehead atoms. The van der Waals surface area contributed by atoms with Gasteiger partial charge in [-0.2, -0.15) is 5.10 Å². The Morgan fingerprint density at radius 2 is 2.00 bits per heavy atom. The summed E-state index contributed by atoms with van der Waals surface area (Å²) < 4.78 is 3.67. The zero-order chi connectivity index (χ0) is 17.6. The third-order valence-electron chi connectivity index (χ3n) is 4.08. The summed E-state index contributed by atoms with van der Waals surface area (Å²) in [7, 11) is 3.81. The molecule has 0 saturated heterocycles. The van der Waals surface area contributed by atoms with Gasteiger partial charge >= 0.3 is 0 Å². The van der Waals surface area contributed by atoms with E-state index in [0.717, 1.165) is 33.5 Å². The number of nitrogens with one attached hydrogen (secondary N) is 1. The number of anilines is 3. The summed E-state index contributed by atoms with van der Waals surface area (Å²) in [6.07, 6.45) is 7.18. The van der Waals surface area contributed by atoms with Crippen LogP contribution in [0.4, 0.5) is 17.5 Å². The van der Waals surface area contributed by atoms with Crippen LogP contribution in [-0.4, -0.2) is 29.3 Å². The molecule has 4 aromatic rings. The van der Waals surface area contributed by atoms with Crippen LogP contribution in [0.15, 0.2) is 37.1 Å². The fourth-order valence-electron chi connectivity index (χ4n) is 2.83. The number of hydrogen-bond donors (Lipinski definition) is 2. The first-order chi connectivity index (χ1) is 12.0. The summed E-state index contributed by atoms with van der Waals surface area (Å²) >= 11 is 0. The standard InChI is InChI=1S/C17H18N8/c1-10-8-25(3)23-17(10)22-15-5-11-4-13(14-7-19-9-24(14)2)21-16(18)12(11)6-20-15/h4-9H,1-3H3,(H2,18,21)(H,20,22,23). The fourth-order valence-corrected chi connectivity index (χ4v) is 2.83. The molecule has 4 rings (SSSR count). The summed E-state index contributed by atoms with van der Waals surface area (Å²) in [5.74, 6) is 1.93. The minimum absolute atomic E-state index is 0.446. The van der Waals surface area contributed by atoms with Crippen molar-refractivity contribution in [2.75, 3.05) is 11.1 Å². The first kappa shape index (κ1) is 15.1. The van der Waals surface area contributed by atoms with Gasteiger partial charge in [0.25, 0.3) is 0 Å². The fraction of sp³-hybridized carbons (Fsp3) is 0.176. The molecule has 0 aromatic carbocycles. The third-order valence-corrected chi connectivity index (χ3v) is 4.08. The second-order valence-electron chi connectivity index (χ2n) is 6.03. The Labute approximate surface area is 144 Å². The number of hydrogen-bond acceptors (Lipinski definition) is 6. The van der Waals surface area contributed by atoms with Gasteiger partial charge in [-0.3, -0.25) is 4.68 Å². The first-order valence-electron chi connectivity index (χ1n) is 7.81. The number of nitrogens with zero attached hydrogens (tertiary/aromatic N) is 6. The highest BCUT2D eigenvalue weighted by Crippen LogP contribution is 2.28. The predicted molar refractivity (Wildman–Crippen MR) is 97.4 cm³/mol. The zero-order valence-electron chi connectivity index (χ0n) is 14.2. The molecule has 0 amide bonds. The van der Waals surface area contributed by atoms with Gasteiger partial charge in [-0.1, -0.05) is 0 Å². The van der Waals surface area contributed by atoms with Crippen molar-refractivity contribution in [2.24, 2.45) is 14.1 Å². The zero-order valence-corrected chi connectivity index (χ0v) is 14.2. The maximum Gasteiger partial charge on any atom is 0.156 e. The molecule has 4 heterocycles. The normalized spacial score (nSPS) is 11.2. The number of nitrogens with two attached hydrogens (primary N) is 1. The smallest absolute Gasteiger partial charge is 0.156 e. The molecule has 4 aromatic heterocycles. The lowest BCUT2D eigenvalue weighted by Crippen LogP contribution is -2.00. The largest absolute Gasteiger partial charge is 0.383 e. The highest BCUT2D eigenvalue weighted by Gasteiger charge is 2.11. The van der Waals surface area contributed by atoms with E-state index >= 15 is 0 Å². The number of nitrogen functional groups attached to an aromatic ring is 1. The lowest BCUT2D eigenvalue weighted by Gasteiger charge is -2.09. The van der Waals surface area contributed by atoms with Gasteiger partial charge in [0.1, 0.15) is 11.6 Å². The van der Waals surface area contributed by atoms with E-state index in [9.17, 15) is 0 Å². The van der Waals surface area contributed by atoms with Crippen molar-refractivity contribution in [3.63, 3.8) is 0 Å². The maximum atomic E-state index is 6.13. The Morgan fingerprint density at radius 3 is 2.68 bits per heavy atom. The SMILES string of the molecule is Cc1cn(C)nc1Nc1cc2cc(-c3cncn3C)nc(N)c2cn1. The molecule has 0 aliphatic carbocycles. The van der Waals surface area contributed by atoms with Gasteiger partial charge in [0, 0.05) is 37.4 Å². The number of pyridine rings is 2. The van der Waals surface area contributed by atoms with E-state index in [1.54, 1.807) is 23.4 Å². The van der Waals surface area contributed by atoms with Crippen LogP contribution in [0.2, 0.25) is 0 Å². The van der Waals surface area contributed by atoms with Gasteiger partial charge in [0.2, 0.25) is 0 Å². The van der Waals surface area contributed by atoms with Crippen molar-refractivity contribution in [1.29, 1.82) is 0 Å². The Balaban J connectivity index is 1.79. The van der Waals surface area contributed by atoms with Crippen LogP contribution in [0.1, 0.15) is 5.56 Å². The molecule has 0 fully saturated rings. The topological polar surface area (TPSA) is 99.5 Å². The lowest BCUT2D eigenvalue weighted by atomic mass is 10.1. The van der Waals surface area contributed by atoms with Gasteiger partial charge in [0.05, 0.1) is 23.9 Å². The highest BCUT2D eigenvalue weighted by atomic mass is 15.3. The van der Waals surface area contributed by atoms with Crippen LogP contribution >= 0.6 is 0 Å². The monoisotopic (exact) mass is 334 g/mol. The van der Waals surface area contributed by atoms with Crippen LogP contribution in [0.3, 0.4) is 0 Å². The Bertz CT molecular complexity index is 1080. The molecule has 25 heavy (non-hydrogen) atoms. The van der Waals surface area contributed by atoms with Crippen molar-refractivity contribution < 1.29 is 0 Å². The van der Waals surface area contributed by atoms with E-state index in [1.165, 1.54) is 0 Å². The number of fused-ring (bicyclic) bond motifs is 1. The Hall–Kier alpha value is -3.42. The van der Waals surface area contributed by atoms with Crippen molar-refractivity contribution in [2.45, 2.75) is 6.92 Å². The minimum Gasteiger partial charge on any atom is -0.383 e. The van der Waals surface area contributed by atoms with E-state index in [-0.39, 0.29) is 0 Å². The predicted octanol–water partition coefficient (Wildman–Crippen LogP) is 2.40. The van der Waals surface area contributed by atoms with E-state index in [2.05, 4.69) is 25.4 Å². The number of rotatable bonds is 3. The lowest BCUT2D eigenvalue weighted by molar-refractivity contribution is 0.770. The Kier molecular flexibility index (Phi) is 3.38. The van der Waals surface area contributed by atoms with E-state index in [4.69, 9.17) is 5.73 Å². The van der Waals surface area contributed by atoms with Crippen LogP contribution in [0.25, 0.3) is 22.2 Å². The van der Waals surface area contributed by atoms with Crippen molar-refractivity contribution in [1.82, 2.24) is 29.3 Å². The molecule has 0 atom stereocenters. The molecule has 0 unspecified atom stereocenters. The van der Waals surface area contributed by atoms with Crippen LogP contribution in [-0.2, 0) is 14.1 Å². The molecule has 8 heteroatoms. The van der Waals surface area contributed by atoms with Crippen molar-refractivity contribution in [3.8, 4) is 11.4 Å². The van der Waals surface area contributed by atoms with Gasteiger partial charge in [0.15, 0.2) is 5.82 Å². The molecular formula is C17H18N8. The molecule has 126 valence electrons. The van der Waals surface area contributed by atoms with Gasteiger partial charge < -0.3 is 15.6 Å². The summed E-state index contributed by atoms with van der Waals surface area (Å²) in [5.41, 5.74) is 8.85. The van der Waals surface area contributed by atoms with E-state index in [0.29, 0.717) is 11.6 Å². The second kappa shape index (κ2) is 5.59. The molecule has 8 nitrogen and oxygen atoms in total. The quantitative estimate of drug-likeness (QED) is 0.597. The summed E-state index contributed by atoms with van der Waals surface area (Å²) in [4.78, 5) is 13.0.